The molecule has 0 spiro atoms. The normalized spacial score (nSPS) is 25.9. The molecular weight excluding hydrogens is 388 g/mol. The van der Waals surface area contributed by atoms with Crippen molar-refractivity contribution in [3.63, 3.8) is 0 Å². The van der Waals surface area contributed by atoms with E-state index in [0.717, 1.165) is 0 Å². The molecule has 0 aromatic heterocycles. The van der Waals surface area contributed by atoms with E-state index in [2.05, 4.69) is 88.4 Å². The molecule has 2 aliphatic rings. The van der Waals surface area contributed by atoms with Crippen LogP contribution >= 0.6 is 0 Å². The van der Waals surface area contributed by atoms with Gasteiger partial charge in [0.25, 0.3) is 8.32 Å². The van der Waals surface area contributed by atoms with Gasteiger partial charge in [-0.05, 0) is 21.8 Å². The van der Waals surface area contributed by atoms with Crippen LogP contribution in [-0.2, 0) is 13.9 Å². The summed E-state index contributed by atoms with van der Waals surface area (Å²) in [7, 11) is -2.48. The molecule has 2 aromatic rings. The van der Waals surface area contributed by atoms with Gasteiger partial charge in [-0.15, -0.1) is 0 Å². The second-order valence-electron chi connectivity index (χ2n) is 9.75. The number of hydrogen-bond donors (Lipinski definition) is 0. The molecule has 0 bridgehead atoms. The standard InChI is InChI=1S/C26H36O3Si/c1-5-6-9-18-22-24(28-22)25-23(29-25)19-27-30(26(2,3)4,20-14-10-7-11-15-20)21-16-12-8-13-17-21/h7-8,10-17,22-25H,5-6,9,18-19H2,1-4H3/t22-,23+,24+,25-/m0/s1. The van der Waals surface area contributed by atoms with Gasteiger partial charge in [-0.3, -0.25) is 0 Å². The minimum Gasteiger partial charge on any atom is -0.405 e. The highest BCUT2D eigenvalue weighted by Crippen LogP contribution is 2.42. The van der Waals surface area contributed by atoms with E-state index in [1.807, 2.05) is 0 Å². The molecule has 162 valence electrons. The highest BCUT2D eigenvalue weighted by molar-refractivity contribution is 6.99. The van der Waals surface area contributed by atoms with Crippen LogP contribution in [0.25, 0.3) is 0 Å². The molecule has 2 saturated heterocycles. The van der Waals surface area contributed by atoms with Gasteiger partial charge in [0.15, 0.2) is 0 Å². The van der Waals surface area contributed by atoms with Crippen LogP contribution in [0.15, 0.2) is 60.7 Å². The topological polar surface area (TPSA) is 34.3 Å². The summed E-state index contributed by atoms with van der Waals surface area (Å²) in [4.78, 5) is 0. The van der Waals surface area contributed by atoms with Crippen molar-refractivity contribution in [1.29, 1.82) is 0 Å². The van der Waals surface area contributed by atoms with Crippen molar-refractivity contribution >= 4 is 18.7 Å². The van der Waals surface area contributed by atoms with E-state index >= 15 is 0 Å². The Morgan fingerprint density at radius 2 is 1.33 bits per heavy atom. The van der Waals surface area contributed by atoms with Gasteiger partial charge < -0.3 is 13.9 Å². The van der Waals surface area contributed by atoms with Crippen molar-refractivity contribution in [3.8, 4) is 0 Å². The van der Waals surface area contributed by atoms with Crippen LogP contribution in [0, 0.1) is 0 Å². The average Bonchev–Trinajstić information content (AvgIpc) is 3.65. The molecule has 2 fully saturated rings. The number of benzene rings is 2. The first-order valence-electron chi connectivity index (χ1n) is 11.5. The van der Waals surface area contributed by atoms with Gasteiger partial charge in [-0.1, -0.05) is 108 Å². The summed E-state index contributed by atoms with van der Waals surface area (Å²) in [6, 6.07) is 21.6. The van der Waals surface area contributed by atoms with E-state index in [0.29, 0.717) is 12.7 Å². The first-order valence-corrected chi connectivity index (χ1v) is 13.4. The van der Waals surface area contributed by atoms with Crippen molar-refractivity contribution in [1.82, 2.24) is 0 Å². The molecule has 0 unspecified atom stereocenters. The number of rotatable bonds is 10. The van der Waals surface area contributed by atoms with Crippen LogP contribution in [0.2, 0.25) is 5.04 Å². The fourth-order valence-corrected chi connectivity index (χ4v) is 9.39. The van der Waals surface area contributed by atoms with Gasteiger partial charge in [0.2, 0.25) is 0 Å². The predicted molar refractivity (Wildman–Crippen MR) is 125 cm³/mol. The van der Waals surface area contributed by atoms with Crippen LogP contribution in [0.4, 0.5) is 0 Å². The van der Waals surface area contributed by atoms with E-state index in [4.69, 9.17) is 13.9 Å². The SMILES string of the molecule is CCCCC[C@@H]1O[C@H]1[C@H]1O[C@@H]1CO[Si](c1ccccc1)(c1ccccc1)C(C)(C)C. The van der Waals surface area contributed by atoms with Crippen LogP contribution in [0.3, 0.4) is 0 Å². The first kappa shape index (κ1) is 21.8. The van der Waals surface area contributed by atoms with Crippen LogP contribution in [-0.4, -0.2) is 39.3 Å². The molecule has 30 heavy (non-hydrogen) atoms. The van der Waals surface area contributed by atoms with Crippen molar-refractivity contribution in [2.45, 2.75) is 82.8 Å². The quantitative estimate of drug-likeness (QED) is 0.316. The zero-order chi connectivity index (χ0) is 21.2. The van der Waals surface area contributed by atoms with E-state index in [1.165, 1.54) is 36.1 Å². The van der Waals surface area contributed by atoms with Gasteiger partial charge in [-0.25, -0.2) is 0 Å². The first-order chi connectivity index (χ1) is 14.5. The monoisotopic (exact) mass is 424 g/mol. The fraction of sp³-hybridized carbons (Fsp3) is 0.538. The van der Waals surface area contributed by atoms with Crippen molar-refractivity contribution in [2.24, 2.45) is 0 Å². The lowest BCUT2D eigenvalue weighted by atomic mass is 10.1. The lowest BCUT2D eigenvalue weighted by Gasteiger charge is -2.43. The van der Waals surface area contributed by atoms with E-state index in [9.17, 15) is 0 Å². The molecule has 0 aliphatic carbocycles. The highest BCUT2D eigenvalue weighted by Gasteiger charge is 2.58. The summed E-state index contributed by atoms with van der Waals surface area (Å²) < 4.78 is 18.9. The largest absolute Gasteiger partial charge is 0.405 e. The number of hydrogen-bond acceptors (Lipinski definition) is 3. The summed E-state index contributed by atoms with van der Waals surface area (Å²) in [6.45, 7) is 9.83. The molecule has 3 nitrogen and oxygen atoms in total. The highest BCUT2D eigenvalue weighted by atomic mass is 28.4. The molecule has 2 aromatic carbocycles. The van der Waals surface area contributed by atoms with Gasteiger partial charge in [0.1, 0.15) is 18.3 Å². The van der Waals surface area contributed by atoms with Gasteiger partial charge in [0, 0.05) is 0 Å². The number of unbranched alkanes of at least 4 members (excludes halogenated alkanes) is 2. The Balaban J connectivity index is 1.49. The Bertz CT molecular complexity index is 763. The summed E-state index contributed by atoms with van der Waals surface area (Å²) in [5.74, 6) is 0. The third-order valence-electron chi connectivity index (χ3n) is 6.54. The number of ether oxygens (including phenoxy) is 2. The molecular formula is C26H36O3Si. The maximum atomic E-state index is 6.99. The van der Waals surface area contributed by atoms with E-state index in [-0.39, 0.29) is 23.4 Å². The molecule has 2 aliphatic heterocycles. The third-order valence-corrected chi connectivity index (χ3v) is 11.5. The Hall–Kier alpha value is -1.46. The summed E-state index contributed by atoms with van der Waals surface area (Å²) >= 11 is 0. The van der Waals surface area contributed by atoms with E-state index < -0.39 is 8.32 Å². The molecule has 4 rings (SSSR count). The predicted octanol–water partition coefficient (Wildman–Crippen LogP) is 4.68. The Labute approximate surface area is 182 Å². The second-order valence-corrected chi connectivity index (χ2v) is 14.1. The molecule has 0 saturated carbocycles. The second kappa shape index (κ2) is 8.95. The molecule has 0 amide bonds. The summed E-state index contributed by atoms with van der Waals surface area (Å²) in [5.41, 5.74) is 0. The minimum absolute atomic E-state index is 0.00113. The molecule has 4 atom stereocenters. The number of epoxide rings is 2. The Morgan fingerprint density at radius 3 is 1.87 bits per heavy atom. The van der Waals surface area contributed by atoms with Crippen molar-refractivity contribution < 1.29 is 13.9 Å². The van der Waals surface area contributed by atoms with Gasteiger partial charge in [0.05, 0.1) is 12.7 Å². The van der Waals surface area contributed by atoms with Crippen molar-refractivity contribution in [2.75, 3.05) is 6.61 Å². The molecule has 4 heteroatoms. The summed E-state index contributed by atoms with van der Waals surface area (Å²) in [6.07, 6.45) is 6.04. The minimum atomic E-state index is -2.48. The zero-order valence-electron chi connectivity index (χ0n) is 18.8. The fourth-order valence-electron chi connectivity index (χ4n) is 4.82. The maximum Gasteiger partial charge on any atom is 0.261 e. The molecule has 0 N–H and O–H groups in total. The van der Waals surface area contributed by atoms with Gasteiger partial charge >= 0.3 is 0 Å². The lowest BCUT2D eigenvalue weighted by molar-refractivity contribution is 0.245. The maximum absolute atomic E-state index is 6.99. The van der Waals surface area contributed by atoms with Crippen LogP contribution in [0.1, 0.15) is 53.4 Å². The Kier molecular flexibility index (Phi) is 6.49. The van der Waals surface area contributed by atoms with Crippen molar-refractivity contribution in [3.05, 3.63) is 60.7 Å². The van der Waals surface area contributed by atoms with Gasteiger partial charge in [-0.2, -0.15) is 0 Å². The zero-order valence-corrected chi connectivity index (χ0v) is 19.8. The average molecular weight is 425 g/mol. The Morgan fingerprint density at radius 1 is 0.800 bits per heavy atom. The lowest BCUT2D eigenvalue weighted by Crippen LogP contribution is -2.66. The van der Waals surface area contributed by atoms with E-state index in [1.54, 1.807) is 0 Å². The molecule has 2 heterocycles. The van der Waals surface area contributed by atoms with Crippen LogP contribution < -0.4 is 10.4 Å². The molecule has 0 radical (unpaired) electrons. The smallest absolute Gasteiger partial charge is 0.261 e. The van der Waals surface area contributed by atoms with Crippen LogP contribution in [0.5, 0.6) is 0 Å². The summed E-state index contributed by atoms with van der Waals surface area (Å²) in [5, 5.41) is 2.64. The third kappa shape index (κ3) is 4.42.